The standard InChI is InChI=1S/C13H13NO4S2/c15-12(16)9-20(17,18)14-13(11-7-4-8-19-11)10-5-2-1-3-6-10/h1-8,13-14H,9H2,(H,15,16). The van der Waals surface area contributed by atoms with Crippen LogP contribution >= 0.6 is 11.3 Å². The molecule has 2 aromatic rings. The third-order valence-electron chi connectivity index (χ3n) is 2.57. The number of rotatable bonds is 6. The lowest BCUT2D eigenvalue weighted by molar-refractivity contribution is -0.134. The van der Waals surface area contributed by atoms with E-state index in [2.05, 4.69) is 4.72 Å². The van der Waals surface area contributed by atoms with E-state index < -0.39 is 27.8 Å². The normalized spacial score (nSPS) is 13.0. The molecule has 0 spiro atoms. The molecular weight excluding hydrogens is 298 g/mol. The Morgan fingerprint density at radius 3 is 2.45 bits per heavy atom. The van der Waals surface area contributed by atoms with Crippen molar-refractivity contribution in [3.8, 4) is 0 Å². The van der Waals surface area contributed by atoms with Gasteiger partial charge < -0.3 is 5.11 Å². The third-order valence-corrected chi connectivity index (χ3v) is 4.73. The summed E-state index contributed by atoms with van der Waals surface area (Å²) in [5.41, 5.74) is 0.768. The Kier molecular flexibility index (Phi) is 4.53. The Morgan fingerprint density at radius 1 is 1.20 bits per heavy atom. The van der Waals surface area contributed by atoms with Crippen molar-refractivity contribution in [2.75, 3.05) is 5.75 Å². The predicted octanol–water partition coefficient (Wildman–Crippen LogP) is 1.84. The first kappa shape index (κ1) is 14.7. The van der Waals surface area contributed by atoms with E-state index in [-0.39, 0.29) is 0 Å². The molecular formula is C13H13NO4S2. The lowest BCUT2D eigenvalue weighted by atomic mass is 10.1. The predicted molar refractivity (Wildman–Crippen MR) is 77.2 cm³/mol. The van der Waals surface area contributed by atoms with Gasteiger partial charge in [0.2, 0.25) is 10.0 Å². The van der Waals surface area contributed by atoms with Gasteiger partial charge in [0.15, 0.2) is 5.75 Å². The second-order valence-corrected chi connectivity index (χ2v) is 6.86. The molecule has 2 rings (SSSR count). The van der Waals surface area contributed by atoms with E-state index in [4.69, 9.17) is 5.11 Å². The molecule has 0 aliphatic carbocycles. The molecule has 0 radical (unpaired) electrons. The smallest absolute Gasteiger partial charge is 0.320 e. The SMILES string of the molecule is O=C(O)CS(=O)(=O)NC(c1ccccc1)c1cccs1. The zero-order chi connectivity index (χ0) is 14.6. The highest BCUT2D eigenvalue weighted by Crippen LogP contribution is 2.26. The number of carbonyl (C=O) groups is 1. The van der Waals surface area contributed by atoms with E-state index in [9.17, 15) is 13.2 Å². The molecule has 1 unspecified atom stereocenters. The van der Waals surface area contributed by atoms with E-state index in [0.29, 0.717) is 0 Å². The van der Waals surface area contributed by atoms with Gasteiger partial charge in [0.25, 0.3) is 0 Å². The van der Waals surface area contributed by atoms with Gasteiger partial charge in [-0.1, -0.05) is 36.4 Å². The molecule has 5 nitrogen and oxygen atoms in total. The highest BCUT2D eigenvalue weighted by Gasteiger charge is 2.23. The summed E-state index contributed by atoms with van der Waals surface area (Å²) < 4.78 is 26.1. The van der Waals surface area contributed by atoms with Gasteiger partial charge in [0, 0.05) is 4.88 Å². The number of sulfonamides is 1. The fraction of sp³-hybridized carbons (Fsp3) is 0.154. The molecule has 0 saturated carbocycles. The minimum atomic E-state index is -3.90. The highest BCUT2D eigenvalue weighted by atomic mass is 32.2. The van der Waals surface area contributed by atoms with Crippen LogP contribution in [0, 0.1) is 0 Å². The van der Waals surface area contributed by atoms with E-state index >= 15 is 0 Å². The van der Waals surface area contributed by atoms with E-state index in [1.165, 1.54) is 11.3 Å². The summed E-state index contributed by atoms with van der Waals surface area (Å²) in [6, 6.07) is 12.1. The fourth-order valence-corrected chi connectivity index (χ4v) is 3.68. The summed E-state index contributed by atoms with van der Waals surface area (Å²) in [5.74, 6) is -2.32. The number of hydrogen-bond donors (Lipinski definition) is 2. The Balaban J connectivity index is 2.32. The molecule has 2 N–H and O–H groups in total. The molecule has 1 atom stereocenters. The summed E-state index contributed by atoms with van der Waals surface area (Å²) in [7, 11) is -3.90. The van der Waals surface area contributed by atoms with Gasteiger partial charge in [-0.25, -0.2) is 13.1 Å². The van der Waals surface area contributed by atoms with Crippen LogP contribution in [-0.2, 0) is 14.8 Å². The van der Waals surface area contributed by atoms with Crippen LogP contribution in [0.1, 0.15) is 16.5 Å². The highest BCUT2D eigenvalue weighted by molar-refractivity contribution is 7.90. The Hall–Kier alpha value is -1.70. The average molecular weight is 311 g/mol. The van der Waals surface area contributed by atoms with Crippen LogP contribution in [0.15, 0.2) is 47.8 Å². The van der Waals surface area contributed by atoms with Crippen molar-refractivity contribution in [1.82, 2.24) is 4.72 Å². The summed E-state index contributed by atoms with van der Waals surface area (Å²) in [4.78, 5) is 11.4. The maximum atomic E-state index is 11.8. The van der Waals surface area contributed by atoms with Gasteiger partial charge in [0.1, 0.15) is 0 Å². The second kappa shape index (κ2) is 6.17. The van der Waals surface area contributed by atoms with Gasteiger partial charge in [-0.05, 0) is 17.0 Å². The minimum absolute atomic E-state index is 0.569. The quantitative estimate of drug-likeness (QED) is 0.852. The van der Waals surface area contributed by atoms with Crippen molar-refractivity contribution < 1.29 is 18.3 Å². The van der Waals surface area contributed by atoms with Gasteiger partial charge in [-0.15, -0.1) is 11.3 Å². The first-order valence-corrected chi connectivity index (χ1v) is 8.31. The van der Waals surface area contributed by atoms with Crippen LogP contribution in [0.3, 0.4) is 0 Å². The number of carboxylic acids is 1. The molecule has 1 aromatic carbocycles. The van der Waals surface area contributed by atoms with Crippen molar-refractivity contribution >= 4 is 27.3 Å². The number of carboxylic acid groups (broad SMARTS) is 1. The Bertz CT molecular complexity index is 666. The molecule has 1 heterocycles. The van der Waals surface area contributed by atoms with E-state index in [1.807, 2.05) is 23.6 Å². The summed E-state index contributed by atoms with van der Waals surface area (Å²) in [6.45, 7) is 0. The van der Waals surface area contributed by atoms with Crippen LogP contribution in [0.5, 0.6) is 0 Å². The third kappa shape index (κ3) is 3.89. The molecule has 0 saturated heterocycles. The van der Waals surface area contributed by atoms with Crippen molar-refractivity contribution in [2.24, 2.45) is 0 Å². The fourth-order valence-electron chi connectivity index (χ4n) is 1.78. The topological polar surface area (TPSA) is 83.5 Å². The summed E-state index contributed by atoms with van der Waals surface area (Å²) >= 11 is 1.41. The molecule has 7 heteroatoms. The lowest BCUT2D eigenvalue weighted by Crippen LogP contribution is -2.33. The zero-order valence-electron chi connectivity index (χ0n) is 10.4. The molecule has 0 fully saturated rings. The number of benzene rings is 1. The van der Waals surface area contributed by atoms with Crippen LogP contribution in [0.25, 0.3) is 0 Å². The van der Waals surface area contributed by atoms with Gasteiger partial charge in [-0.2, -0.15) is 0 Å². The number of thiophene rings is 1. The molecule has 1 aromatic heterocycles. The monoisotopic (exact) mass is 311 g/mol. The molecule has 106 valence electrons. The van der Waals surface area contributed by atoms with Gasteiger partial charge in [0.05, 0.1) is 6.04 Å². The van der Waals surface area contributed by atoms with Crippen molar-refractivity contribution in [2.45, 2.75) is 6.04 Å². The van der Waals surface area contributed by atoms with Crippen LogP contribution < -0.4 is 4.72 Å². The molecule has 0 bridgehead atoms. The number of nitrogens with one attached hydrogen (secondary N) is 1. The maximum Gasteiger partial charge on any atom is 0.320 e. The van der Waals surface area contributed by atoms with Crippen LogP contribution in [-0.4, -0.2) is 25.2 Å². The maximum absolute atomic E-state index is 11.8. The van der Waals surface area contributed by atoms with E-state index in [0.717, 1.165) is 10.4 Å². The van der Waals surface area contributed by atoms with Crippen molar-refractivity contribution in [3.63, 3.8) is 0 Å². The second-order valence-electron chi connectivity index (χ2n) is 4.13. The van der Waals surface area contributed by atoms with E-state index in [1.54, 1.807) is 24.3 Å². The number of aliphatic carboxylic acids is 1. The molecule has 0 aliphatic rings. The van der Waals surface area contributed by atoms with Crippen LogP contribution in [0.4, 0.5) is 0 Å². The first-order valence-electron chi connectivity index (χ1n) is 5.78. The Morgan fingerprint density at radius 2 is 1.90 bits per heavy atom. The Labute approximate surface area is 120 Å². The molecule has 0 amide bonds. The van der Waals surface area contributed by atoms with Crippen LogP contribution in [0.2, 0.25) is 0 Å². The minimum Gasteiger partial charge on any atom is -0.480 e. The lowest BCUT2D eigenvalue weighted by Gasteiger charge is -2.17. The van der Waals surface area contributed by atoms with Gasteiger partial charge >= 0.3 is 5.97 Å². The van der Waals surface area contributed by atoms with Crippen molar-refractivity contribution in [1.29, 1.82) is 0 Å². The summed E-state index contributed by atoms with van der Waals surface area (Å²) in [6.07, 6.45) is 0. The average Bonchev–Trinajstić information content (AvgIpc) is 2.89. The van der Waals surface area contributed by atoms with Crippen molar-refractivity contribution in [3.05, 3.63) is 58.3 Å². The molecule has 0 aliphatic heterocycles. The zero-order valence-corrected chi connectivity index (χ0v) is 12.0. The number of hydrogen-bond acceptors (Lipinski definition) is 4. The molecule has 20 heavy (non-hydrogen) atoms. The summed E-state index contributed by atoms with van der Waals surface area (Å²) in [5, 5.41) is 10.5. The largest absolute Gasteiger partial charge is 0.480 e. The first-order chi connectivity index (χ1) is 9.48. The van der Waals surface area contributed by atoms with Gasteiger partial charge in [-0.3, -0.25) is 4.79 Å².